The number of sulfonamides is 1. The molecule has 0 fully saturated rings. The third-order valence-corrected chi connectivity index (χ3v) is 3.58. The summed E-state index contributed by atoms with van der Waals surface area (Å²) in [7, 11) is -3.67. The molecule has 16 heavy (non-hydrogen) atoms. The third kappa shape index (κ3) is 1.94. The van der Waals surface area contributed by atoms with Gasteiger partial charge in [0.1, 0.15) is 0 Å². The molecule has 0 atom stereocenters. The zero-order valence-electron chi connectivity index (χ0n) is 8.80. The Morgan fingerprint density at radius 2 is 1.94 bits per heavy atom. The molecule has 0 aliphatic carbocycles. The van der Waals surface area contributed by atoms with Gasteiger partial charge in [0.25, 0.3) is 0 Å². The minimum Gasteiger partial charge on any atom is -0.334 e. The van der Waals surface area contributed by atoms with Crippen molar-refractivity contribution in [3.05, 3.63) is 29.3 Å². The van der Waals surface area contributed by atoms with E-state index in [0.29, 0.717) is 13.1 Å². The summed E-state index contributed by atoms with van der Waals surface area (Å²) in [5, 5.41) is 5.04. The van der Waals surface area contributed by atoms with Crippen molar-refractivity contribution in [2.45, 2.75) is 24.9 Å². The van der Waals surface area contributed by atoms with Crippen LogP contribution in [0.4, 0.5) is 0 Å². The van der Waals surface area contributed by atoms with Gasteiger partial charge in [-0.3, -0.25) is 4.79 Å². The fourth-order valence-corrected chi connectivity index (χ4v) is 2.33. The van der Waals surface area contributed by atoms with E-state index < -0.39 is 10.0 Å². The first-order valence-corrected chi connectivity index (χ1v) is 6.32. The number of carbonyl (C=O) groups excluding carboxylic acids is 1. The lowest BCUT2D eigenvalue weighted by Crippen LogP contribution is -2.21. The van der Waals surface area contributed by atoms with Crippen LogP contribution in [0.25, 0.3) is 0 Å². The van der Waals surface area contributed by atoms with Gasteiger partial charge in [-0.05, 0) is 23.3 Å². The summed E-state index contributed by atoms with van der Waals surface area (Å²) in [4.78, 5) is 12.9. The first-order chi connectivity index (χ1) is 7.38. The summed E-state index contributed by atoms with van der Waals surface area (Å²) < 4.78 is 22.3. The molecule has 0 radical (unpaired) electrons. The molecule has 1 aliphatic rings. The molecule has 86 valence electrons. The van der Waals surface area contributed by atoms with Crippen LogP contribution in [-0.2, 0) is 27.9 Å². The van der Waals surface area contributed by atoms with Crippen molar-refractivity contribution in [3.8, 4) is 0 Å². The minimum absolute atomic E-state index is 0.0200. The summed E-state index contributed by atoms with van der Waals surface area (Å²) in [6.07, 6.45) is 0. The van der Waals surface area contributed by atoms with E-state index in [2.05, 4.69) is 0 Å². The van der Waals surface area contributed by atoms with Crippen LogP contribution in [0, 0.1) is 0 Å². The molecule has 2 N–H and O–H groups in total. The van der Waals surface area contributed by atoms with Crippen LogP contribution in [0.2, 0.25) is 0 Å². The van der Waals surface area contributed by atoms with E-state index in [0.717, 1.165) is 11.1 Å². The average molecular weight is 240 g/mol. The Hall–Kier alpha value is -1.40. The highest BCUT2D eigenvalue weighted by Crippen LogP contribution is 2.24. The summed E-state index contributed by atoms with van der Waals surface area (Å²) in [5.41, 5.74) is 1.82. The van der Waals surface area contributed by atoms with Gasteiger partial charge >= 0.3 is 0 Å². The van der Waals surface area contributed by atoms with E-state index in [4.69, 9.17) is 5.14 Å². The van der Waals surface area contributed by atoms with Crippen LogP contribution in [0.3, 0.4) is 0 Å². The van der Waals surface area contributed by atoms with Crippen molar-refractivity contribution in [1.29, 1.82) is 0 Å². The number of fused-ring (bicyclic) bond motifs is 1. The molecule has 1 amide bonds. The normalized spacial score (nSPS) is 15.0. The summed E-state index contributed by atoms with van der Waals surface area (Å²) in [6, 6.07) is 4.71. The van der Waals surface area contributed by atoms with Crippen LogP contribution in [0.5, 0.6) is 0 Å². The van der Waals surface area contributed by atoms with Crippen molar-refractivity contribution < 1.29 is 13.2 Å². The lowest BCUT2D eigenvalue weighted by molar-refractivity contribution is -0.129. The Bertz CT molecular complexity index is 551. The van der Waals surface area contributed by atoms with Crippen LogP contribution in [0.1, 0.15) is 18.1 Å². The zero-order valence-corrected chi connectivity index (χ0v) is 9.62. The lowest BCUT2D eigenvalue weighted by atomic mass is 10.1. The molecule has 1 aromatic carbocycles. The van der Waals surface area contributed by atoms with Crippen LogP contribution >= 0.6 is 0 Å². The van der Waals surface area contributed by atoms with Gasteiger partial charge in [0.15, 0.2) is 0 Å². The van der Waals surface area contributed by atoms with Gasteiger partial charge < -0.3 is 4.90 Å². The third-order valence-electron chi connectivity index (χ3n) is 2.67. The average Bonchev–Trinajstić information content (AvgIpc) is 2.58. The summed E-state index contributed by atoms with van der Waals surface area (Å²) in [5.74, 6) is -0.0200. The first-order valence-electron chi connectivity index (χ1n) is 4.78. The fourth-order valence-electron chi connectivity index (χ4n) is 1.77. The number of primary sulfonamides is 1. The van der Waals surface area contributed by atoms with Gasteiger partial charge in [0.2, 0.25) is 15.9 Å². The van der Waals surface area contributed by atoms with Crippen molar-refractivity contribution in [1.82, 2.24) is 4.90 Å². The number of benzene rings is 1. The van der Waals surface area contributed by atoms with Crippen LogP contribution in [-0.4, -0.2) is 19.2 Å². The van der Waals surface area contributed by atoms with Gasteiger partial charge in [-0.1, -0.05) is 6.07 Å². The number of carbonyl (C=O) groups is 1. The highest BCUT2D eigenvalue weighted by atomic mass is 32.2. The van der Waals surface area contributed by atoms with Gasteiger partial charge in [0.05, 0.1) is 4.90 Å². The molecule has 0 unspecified atom stereocenters. The lowest BCUT2D eigenvalue weighted by Gasteiger charge is -2.10. The summed E-state index contributed by atoms with van der Waals surface area (Å²) >= 11 is 0. The number of amides is 1. The monoisotopic (exact) mass is 240 g/mol. The molecule has 6 heteroatoms. The number of hydrogen-bond donors (Lipinski definition) is 1. The van der Waals surface area contributed by atoms with E-state index >= 15 is 0 Å². The van der Waals surface area contributed by atoms with E-state index in [1.165, 1.54) is 19.1 Å². The number of nitrogens with zero attached hydrogens (tertiary/aromatic N) is 1. The molecular weight excluding hydrogens is 228 g/mol. The molecule has 0 bridgehead atoms. The van der Waals surface area contributed by atoms with Gasteiger partial charge in [-0.25, -0.2) is 13.6 Å². The second-order valence-electron chi connectivity index (χ2n) is 3.85. The van der Waals surface area contributed by atoms with Crippen molar-refractivity contribution in [2.24, 2.45) is 5.14 Å². The molecule has 0 spiro atoms. The summed E-state index contributed by atoms with van der Waals surface area (Å²) in [6.45, 7) is 2.48. The van der Waals surface area contributed by atoms with Crippen molar-refractivity contribution in [2.75, 3.05) is 0 Å². The first kappa shape index (κ1) is 11.1. The smallest absolute Gasteiger partial charge is 0.238 e. The minimum atomic E-state index is -3.67. The largest absolute Gasteiger partial charge is 0.334 e. The molecule has 1 aliphatic heterocycles. The molecule has 1 aromatic rings. The predicted octanol–water partition coefficient (Wildman–Crippen LogP) is 0.196. The highest BCUT2D eigenvalue weighted by molar-refractivity contribution is 7.89. The Morgan fingerprint density at radius 3 is 2.50 bits per heavy atom. The van der Waals surface area contributed by atoms with E-state index in [1.54, 1.807) is 11.0 Å². The Balaban J connectivity index is 2.39. The molecule has 0 saturated carbocycles. The predicted molar refractivity (Wildman–Crippen MR) is 57.7 cm³/mol. The Labute approximate surface area is 93.9 Å². The number of rotatable bonds is 1. The second kappa shape index (κ2) is 3.57. The van der Waals surface area contributed by atoms with Crippen LogP contribution < -0.4 is 5.14 Å². The maximum Gasteiger partial charge on any atom is 0.238 e. The SMILES string of the molecule is CC(=O)N1Cc2ccc(S(N)(=O)=O)cc2C1. The Morgan fingerprint density at radius 1 is 1.31 bits per heavy atom. The molecule has 0 saturated heterocycles. The molecule has 5 nitrogen and oxygen atoms in total. The number of hydrogen-bond acceptors (Lipinski definition) is 3. The topological polar surface area (TPSA) is 80.5 Å². The quantitative estimate of drug-likeness (QED) is 0.761. The van der Waals surface area contributed by atoms with Crippen molar-refractivity contribution in [3.63, 3.8) is 0 Å². The number of nitrogens with two attached hydrogens (primary N) is 1. The van der Waals surface area contributed by atoms with Crippen LogP contribution in [0.15, 0.2) is 23.1 Å². The fraction of sp³-hybridized carbons (Fsp3) is 0.300. The maximum absolute atomic E-state index is 11.2. The Kier molecular flexibility index (Phi) is 2.47. The highest BCUT2D eigenvalue weighted by Gasteiger charge is 2.22. The molecule has 0 aromatic heterocycles. The van der Waals surface area contributed by atoms with Crippen molar-refractivity contribution >= 4 is 15.9 Å². The maximum atomic E-state index is 11.2. The van der Waals surface area contributed by atoms with E-state index in [9.17, 15) is 13.2 Å². The molecule has 1 heterocycles. The molecule has 2 rings (SSSR count). The van der Waals surface area contributed by atoms with Gasteiger partial charge in [-0.2, -0.15) is 0 Å². The molecular formula is C10H12N2O3S. The van der Waals surface area contributed by atoms with E-state index in [-0.39, 0.29) is 10.8 Å². The van der Waals surface area contributed by atoms with E-state index in [1.807, 2.05) is 0 Å². The zero-order chi connectivity index (χ0) is 11.9. The van der Waals surface area contributed by atoms with Gasteiger partial charge in [-0.15, -0.1) is 0 Å². The second-order valence-corrected chi connectivity index (χ2v) is 5.41. The standard InChI is InChI=1S/C10H12N2O3S/c1-7(13)12-5-8-2-3-10(16(11,14)15)4-9(8)6-12/h2-4H,5-6H2,1H3,(H2,11,14,15). The van der Waals surface area contributed by atoms with Gasteiger partial charge in [0, 0.05) is 20.0 Å².